The molecule has 0 bridgehead atoms. The molecule has 22 heavy (non-hydrogen) atoms. The van der Waals surface area contributed by atoms with E-state index in [1.54, 1.807) is 20.3 Å². The van der Waals surface area contributed by atoms with Gasteiger partial charge in [0.15, 0.2) is 11.5 Å². The summed E-state index contributed by atoms with van der Waals surface area (Å²) in [7, 11) is 3.16. The highest BCUT2D eigenvalue weighted by Crippen LogP contribution is 2.44. The van der Waals surface area contributed by atoms with E-state index >= 15 is 0 Å². The summed E-state index contributed by atoms with van der Waals surface area (Å²) in [5.74, 6) is 1.08. The van der Waals surface area contributed by atoms with Crippen LogP contribution in [-0.2, 0) is 4.79 Å². The van der Waals surface area contributed by atoms with Crippen LogP contribution in [0.2, 0.25) is 5.02 Å². The highest BCUT2D eigenvalue weighted by Gasteiger charge is 2.29. The number of fused-ring (bicyclic) bond motifs is 1. The van der Waals surface area contributed by atoms with Crippen LogP contribution in [0.1, 0.15) is 23.5 Å². The molecule has 2 aromatic rings. The topological polar surface area (TPSA) is 47.6 Å². The zero-order valence-electron chi connectivity index (χ0n) is 12.4. The van der Waals surface area contributed by atoms with E-state index < -0.39 is 0 Å². The summed E-state index contributed by atoms with van der Waals surface area (Å²) in [5, 5.41) is 3.54. The van der Waals surface area contributed by atoms with Gasteiger partial charge in [-0.1, -0.05) is 29.8 Å². The van der Waals surface area contributed by atoms with Gasteiger partial charge in [-0.2, -0.15) is 0 Å². The number of amides is 1. The first-order valence-electron chi connectivity index (χ1n) is 6.94. The minimum Gasteiger partial charge on any atom is -0.493 e. The van der Waals surface area contributed by atoms with Crippen molar-refractivity contribution in [2.24, 2.45) is 0 Å². The minimum absolute atomic E-state index is 0.0374. The number of halogens is 1. The fraction of sp³-hybridized carbons (Fsp3) is 0.235. The Bertz CT molecular complexity index is 730. The molecule has 0 unspecified atom stereocenters. The Morgan fingerprint density at radius 3 is 2.45 bits per heavy atom. The normalized spacial score (nSPS) is 16.7. The Morgan fingerprint density at radius 2 is 1.77 bits per heavy atom. The standard InChI is InChI=1S/C17H16ClNO3/c1-21-15-7-12-11(10-5-3-4-6-13(10)18)8-17(20)19-14(12)9-16(15)22-2/h3-7,9,11H,8H2,1-2H3,(H,19,20)/t11-/m0/s1. The van der Waals surface area contributed by atoms with Gasteiger partial charge in [-0.05, 0) is 23.3 Å². The molecule has 0 saturated heterocycles. The van der Waals surface area contributed by atoms with Crippen LogP contribution in [0.4, 0.5) is 5.69 Å². The van der Waals surface area contributed by atoms with E-state index in [1.165, 1.54) is 0 Å². The van der Waals surface area contributed by atoms with E-state index in [0.29, 0.717) is 22.9 Å². The quantitative estimate of drug-likeness (QED) is 0.936. The number of benzene rings is 2. The molecule has 0 aromatic heterocycles. The average Bonchev–Trinajstić information content (AvgIpc) is 2.53. The third-order valence-electron chi connectivity index (χ3n) is 3.88. The Balaban J connectivity index is 2.16. The van der Waals surface area contributed by atoms with Crippen LogP contribution in [0.5, 0.6) is 11.5 Å². The zero-order valence-corrected chi connectivity index (χ0v) is 13.1. The molecule has 4 nitrogen and oxygen atoms in total. The second-order valence-corrected chi connectivity index (χ2v) is 5.53. The SMILES string of the molecule is COc1cc2c(cc1OC)[C@H](c1ccccc1Cl)CC(=O)N2. The number of ether oxygens (including phenoxy) is 2. The van der Waals surface area contributed by atoms with Crippen molar-refractivity contribution in [1.29, 1.82) is 0 Å². The first-order valence-corrected chi connectivity index (χ1v) is 7.32. The first-order chi connectivity index (χ1) is 10.6. The molecule has 3 rings (SSSR count). The Hall–Kier alpha value is -2.20. The van der Waals surface area contributed by atoms with E-state index in [1.807, 2.05) is 30.3 Å². The van der Waals surface area contributed by atoms with E-state index in [-0.39, 0.29) is 11.8 Å². The third-order valence-corrected chi connectivity index (χ3v) is 4.22. The Kier molecular flexibility index (Phi) is 3.94. The van der Waals surface area contributed by atoms with Gasteiger partial charge in [-0.3, -0.25) is 4.79 Å². The molecule has 0 radical (unpaired) electrons. The van der Waals surface area contributed by atoms with Gasteiger partial charge in [0, 0.05) is 29.1 Å². The van der Waals surface area contributed by atoms with Crippen LogP contribution in [-0.4, -0.2) is 20.1 Å². The van der Waals surface area contributed by atoms with Gasteiger partial charge < -0.3 is 14.8 Å². The second kappa shape index (κ2) is 5.89. The molecule has 1 N–H and O–H groups in total. The molecular formula is C17H16ClNO3. The number of methoxy groups -OCH3 is 2. The molecule has 1 aliphatic rings. The van der Waals surface area contributed by atoms with Gasteiger partial charge in [-0.15, -0.1) is 0 Å². The summed E-state index contributed by atoms with van der Waals surface area (Å²) in [4.78, 5) is 12.0. The maximum absolute atomic E-state index is 12.0. The summed E-state index contributed by atoms with van der Waals surface area (Å²) in [6, 6.07) is 11.3. The lowest BCUT2D eigenvalue weighted by Crippen LogP contribution is -2.23. The largest absolute Gasteiger partial charge is 0.493 e. The van der Waals surface area contributed by atoms with Crippen molar-refractivity contribution in [3.8, 4) is 11.5 Å². The highest BCUT2D eigenvalue weighted by atomic mass is 35.5. The lowest BCUT2D eigenvalue weighted by atomic mass is 9.84. The monoisotopic (exact) mass is 317 g/mol. The predicted molar refractivity (Wildman–Crippen MR) is 86.1 cm³/mol. The van der Waals surface area contributed by atoms with Crippen molar-refractivity contribution < 1.29 is 14.3 Å². The van der Waals surface area contributed by atoms with Gasteiger partial charge in [-0.25, -0.2) is 0 Å². The van der Waals surface area contributed by atoms with Crippen LogP contribution in [0.25, 0.3) is 0 Å². The van der Waals surface area contributed by atoms with Crippen molar-refractivity contribution in [2.45, 2.75) is 12.3 Å². The molecule has 1 amide bonds. The molecule has 1 heterocycles. The van der Waals surface area contributed by atoms with Crippen LogP contribution in [0.15, 0.2) is 36.4 Å². The van der Waals surface area contributed by atoms with Crippen molar-refractivity contribution in [3.05, 3.63) is 52.5 Å². The number of hydrogen-bond acceptors (Lipinski definition) is 3. The van der Waals surface area contributed by atoms with Crippen molar-refractivity contribution in [2.75, 3.05) is 19.5 Å². The first kappa shape index (κ1) is 14.7. The van der Waals surface area contributed by atoms with Crippen molar-refractivity contribution >= 4 is 23.2 Å². The number of rotatable bonds is 3. The highest BCUT2D eigenvalue weighted by molar-refractivity contribution is 6.31. The van der Waals surface area contributed by atoms with Crippen LogP contribution in [0, 0.1) is 0 Å². The second-order valence-electron chi connectivity index (χ2n) is 5.12. The maximum atomic E-state index is 12.0. The van der Waals surface area contributed by atoms with Crippen LogP contribution >= 0.6 is 11.6 Å². The molecule has 1 atom stereocenters. The van der Waals surface area contributed by atoms with Crippen LogP contribution in [0.3, 0.4) is 0 Å². The van der Waals surface area contributed by atoms with E-state index in [2.05, 4.69) is 5.32 Å². The fourth-order valence-corrected chi connectivity index (χ4v) is 3.09. The van der Waals surface area contributed by atoms with Crippen LogP contribution < -0.4 is 14.8 Å². The molecule has 0 aliphatic carbocycles. The minimum atomic E-state index is -0.0998. The molecule has 114 valence electrons. The molecule has 2 aromatic carbocycles. The number of carbonyl (C=O) groups excluding carboxylic acids is 1. The van der Waals surface area contributed by atoms with E-state index in [9.17, 15) is 4.79 Å². The summed E-state index contributed by atoms with van der Waals surface area (Å²) >= 11 is 6.32. The van der Waals surface area contributed by atoms with Gasteiger partial charge in [0.1, 0.15) is 0 Å². The number of carbonyl (C=O) groups is 1. The third kappa shape index (κ3) is 2.50. The molecule has 5 heteroatoms. The summed E-state index contributed by atoms with van der Waals surface area (Å²) in [5.41, 5.74) is 2.65. The summed E-state index contributed by atoms with van der Waals surface area (Å²) in [6.07, 6.45) is 0.353. The number of nitrogens with one attached hydrogen (secondary N) is 1. The maximum Gasteiger partial charge on any atom is 0.225 e. The smallest absolute Gasteiger partial charge is 0.225 e. The lowest BCUT2D eigenvalue weighted by Gasteiger charge is -2.27. The molecule has 0 saturated carbocycles. The predicted octanol–water partition coefficient (Wildman–Crippen LogP) is 3.83. The molecular weight excluding hydrogens is 302 g/mol. The summed E-state index contributed by atoms with van der Waals surface area (Å²) in [6.45, 7) is 0. The van der Waals surface area contributed by atoms with Crippen molar-refractivity contribution in [1.82, 2.24) is 0 Å². The average molecular weight is 318 g/mol. The molecule has 1 aliphatic heterocycles. The van der Waals surface area contributed by atoms with Gasteiger partial charge in [0.25, 0.3) is 0 Å². The molecule has 0 fully saturated rings. The Morgan fingerprint density at radius 1 is 1.09 bits per heavy atom. The summed E-state index contributed by atoms with van der Waals surface area (Å²) < 4.78 is 10.7. The Labute approximate surface area is 134 Å². The van der Waals surface area contributed by atoms with Gasteiger partial charge in [0.2, 0.25) is 5.91 Å². The van der Waals surface area contributed by atoms with E-state index in [0.717, 1.165) is 16.8 Å². The molecule has 0 spiro atoms. The lowest BCUT2D eigenvalue weighted by molar-refractivity contribution is -0.116. The van der Waals surface area contributed by atoms with Gasteiger partial charge >= 0.3 is 0 Å². The van der Waals surface area contributed by atoms with E-state index in [4.69, 9.17) is 21.1 Å². The zero-order chi connectivity index (χ0) is 15.7. The van der Waals surface area contributed by atoms with Gasteiger partial charge in [0.05, 0.1) is 14.2 Å². The number of hydrogen-bond donors (Lipinski definition) is 1. The fourth-order valence-electron chi connectivity index (χ4n) is 2.82. The van der Waals surface area contributed by atoms with Crippen molar-refractivity contribution in [3.63, 3.8) is 0 Å². The number of anilines is 1.